The summed E-state index contributed by atoms with van der Waals surface area (Å²) in [5, 5.41) is 24.2. The number of hydrogen-bond acceptors (Lipinski definition) is 6. The van der Waals surface area contributed by atoms with Gasteiger partial charge in [0.2, 0.25) is 0 Å². The Morgan fingerprint density at radius 1 is 1.36 bits per heavy atom. The first kappa shape index (κ1) is 21.7. The normalized spacial score (nSPS) is 20.5. The number of anilines is 1. The quantitative estimate of drug-likeness (QED) is 0.209. The number of aliphatic hydroxyl groups excluding tert-OH is 1. The van der Waals surface area contributed by atoms with Gasteiger partial charge in [-0.1, -0.05) is 6.92 Å². The summed E-state index contributed by atoms with van der Waals surface area (Å²) < 4.78 is 0. The average Bonchev–Trinajstić information content (AvgIpc) is 2.69. The van der Waals surface area contributed by atoms with Crippen LogP contribution in [0.25, 0.3) is 0 Å². The fourth-order valence-corrected chi connectivity index (χ4v) is 4.02. The fraction of sp³-hybridized carbons (Fsp3) is 0.455. The molecule has 6 nitrogen and oxygen atoms in total. The van der Waals surface area contributed by atoms with Crippen molar-refractivity contribution in [3.05, 3.63) is 46.7 Å². The van der Waals surface area contributed by atoms with Crippen molar-refractivity contribution in [1.29, 1.82) is 0 Å². The van der Waals surface area contributed by atoms with Crippen LogP contribution in [0.15, 0.2) is 41.1 Å². The van der Waals surface area contributed by atoms with Gasteiger partial charge in [0.1, 0.15) is 5.75 Å². The summed E-state index contributed by atoms with van der Waals surface area (Å²) in [4.78, 5) is 24.3. The van der Waals surface area contributed by atoms with Gasteiger partial charge in [0.15, 0.2) is 12.6 Å². The van der Waals surface area contributed by atoms with Gasteiger partial charge in [-0.05, 0) is 61.6 Å². The molecular formula is C22H30N2O4. The van der Waals surface area contributed by atoms with Crippen molar-refractivity contribution < 1.29 is 19.8 Å². The van der Waals surface area contributed by atoms with Gasteiger partial charge >= 0.3 is 0 Å². The van der Waals surface area contributed by atoms with E-state index in [2.05, 4.69) is 10.2 Å². The number of aldehydes is 2. The number of aromatic hydroxyl groups is 1. The lowest BCUT2D eigenvalue weighted by atomic mass is 9.67. The zero-order chi connectivity index (χ0) is 20.9. The lowest BCUT2D eigenvalue weighted by Gasteiger charge is -2.45. The standard InChI is InChI=1S/C22H30N2O4/c1-5-17(10-16(13-25)14-26)20(23-3)12-22(15(2)27)8-9-24(4)21-7-6-18(28)11-19(21)22/h6-7,10-11,13-15,23,27-28H,5,8-9,12H2,1-4H3/b20-17-. The summed E-state index contributed by atoms with van der Waals surface area (Å²) in [5.41, 5.74) is 3.07. The monoisotopic (exact) mass is 386 g/mol. The number of nitrogens with zero attached hydrogens (tertiary/aromatic N) is 1. The minimum atomic E-state index is -0.663. The minimum Gasteiger partial charge on any atom is -0.508 e. The summed E-state index contributed by atoms with van der Waals surface area (Å²) in [5.74, 6) is 0.161. The molecule has 28 heavy (non-hydrogen) atoms. The topological polar surface area (TPSA) is 89.9 Å². The zero-order valence-corrected chi connectivity index (χ0v) is 17.0. The van der Waals surface area contributed by atoms with Gasteiger partial charge in [-0.15, -0.1) is 0 Å². The van der Waals surface area contributed by atoms with Gasteiger partial charge in [-0.2, -0.15) is 0 Å². The number of benzene rings is 1. The summed E-state index contributed by atoms with van der Waals surface area (Å²) in [6, 6.07) is 5.26. The number of phenols is 1. The molecule has 2 unspecified atom stereocenters. The van der Waals surface area contributed by atoms with E-state index in [1.54, 1.807) is 32.2 Å². The molecule has 0 aliphatic carbocycles. The zero-order valence-electron chi connectivity index (χ0n) is 17.0. The van der Waals surface area contributed by atoms with Crippen molar-refractivity contribution in [2.24, 2.45) is 0 Å². The lowest BCUT2D eigenvalue weighted by Crippen LogP contribution is -2.46. The molecule has 152 valence electrons. The molecule has 1 aliphatic heterocycles. The van der Waals surface area contributed by atoms with Crippen LogP contribution in [-0.2, 0) is 15.0 Å². The van der Waals surface area contributed by atoms with Crippen LogP contribution in [0.1, 0.15) is 38.7 Å². The van der Waals surface area contributed by atoms with E-state index in [9.17, 15) is 19.8 Å². The summed E-state index contributed by atoms with van der Waals surface area (Å²) in [7, 11) is 3.80. The predicted octanol–water partition coefficient (Wildman–Crippen LogP) is 2.45. The molecule has 1 aromatic carbocycles. The van der Waals surface area contributed by atoms with Crippen molar-refractivity contribution in [3.8, 4) is 5.75 Å². The maximum absolute atomic E-state index is 11.1. The highest BCUT2D eigenvalue weighted by molar-refractivity contribution is 5.99. The molecule has 0 aromatic heterocycles. The Morgan fingerprint density at radius 2 is 2.04 bits per heavy atom. The van der Waals surface area contributed by atoms with Crippen LogP contribution in [0.4, 0.5) is 5.69 Å². The van der Waals surface area contributed by atoms with Crippen molar-refractivity contribution in [2.45, 2.75) is 44.6 Å². The van der Waals surface area contributed by atoms with E-state index < -0.39 is 11.5 Å². The number of nitrogens with one attached hydrogen (secondary N) is 1. The van der Waals surface area contributed by atoms with E-state index in [-0.39, 0.29) is 11.3 Å². The SMILES string of the molecule is CC/C(C=C(C=O)C=O)=C(\CC1(C(C)O)CCN(C)c2ccc(O)cc21)NC. The van der Waals surface area contributed by atoms with E-state index in [0.29, 0.717) is 31.8 Å². The van der Waals surface area contributed by atoms with Gasteiger partial charge in [-0.25, -0.2) is 0 Å². The second kappa shape index (κ2) is 9.06. The number of carbonyl (C=O) groups excluding carboxylic acids is 2. The summed E-state index contributed by atoms with van der Waals surface area (Å²) in [6.45, 7) is 4.50. The van der Waals surface area contributed by atoms with Crippen molar-refractivity contribution in [3.63, 3.8) is 0 Å². The molecule has 0 radical (unpaired) electrons. The lowest BCUT2D eigenvalue weighted by molar-refractivity contribution is -0.109. The second-order valence-electron chi connectivity index (χ2n) is 7.37. The number of allylic oxidation sites excluding steroid dienone is 4. The highest BCUT2D eigenvalue weighted by Crippen LogP contribution is 2.47. The van der Waals surface area contributed by atoms with Crippen LogP contribution >= 0.6 is 0 Å². The summed E-state index contributed by atoms with van der Waals surface area (Å²) in [6.07, 6.45) is 3.86. The fourth-order valence-electron chi connectivity index (χ4n) is 4.02. The Hall–Kier alpha value is -2.60. The second-order valence-corrected chi connectivity index (χ2v) is 7.37. The van der Waals surface area contributed by atoms with Gasteiger partial charge < -0.3 is 20.4 Å². The predicted molar refractivity (Wildman–Crippen MR) is 111 cm³/mol. The van der Waals surface area contributed by atoms with E-state index in [1.165, 1.54) is 0 Å². The Morgan fingerprint density at radius 3 is 2.57 bits per heavy atom. The molecule has 0 fully saturated rings. The van der Waals surface area contributed by atoms with Crippen LogP contribution in [0.5, 0.6) is 5.75 Å². The van der Waals surface area contributed by atoms with Crippen molar-refractivity contribution in [2.75, 3.05) is 25.5 Å². The first-order chi connectivity index (χ1) is 13.3. The molecule has 0 saturated heterocycles. The minimum absolute atomic E-state index is 0.0807. The molecule has 0 saturated carbocycles. The molecular weight excluding hydrogens is 356 g/mol. The maximum Gasteiger partial charge on any atom is 0.153 e. The molecule has 6 heteroatoms. The van der Waals surface area contributed by atoms with Crippen LogP contribution in [-0.4, -0.2) is 49.5 Å². The van der Waals surface area contributed by atoms with E-state index in [4.69, 9.17) is 0 Å². The van der Waals surface area contributed by atoms with Gasteiger partial charge in [0, 0.05) is 37.4 Å². The molecule has 0 amide bonds. The first-order valence-corrected chi connectivity index (χ1v) is 9.57. The van der Waals surface area contributed by atoms with Gasteiger partial charge in [0.05, 0.1) is 11.7 Å². The molecule has 2 atom stereocenters. The van der Waals surface area contributed by atoms with Crippen molar-refractivity contribution in [1.82, 2.24) is 5.32 Å². The third-order valence-electron chi connectivity index (χ3n) is 5.80. The number of rotatable bonds is 8. The highest BCUT2D eigenvalue weighted by atomic mass is 16.3. The highest BCUT2D eigenvalue weighted by Gasteiger charge is 2.43. The number of carbonyl (C=O) groups is 2. The van der Waals surface area contributed by atoms with E-state index in [1.807, 2.05) is 20.0 Å². The Kier molecular flexibility index (Phi) is 7.02. The van der Waals surface area contributed by atoms with Crippen LogP contribution in [0.3, 0.4) is 0 Å². The number of hydrogen-bond donors (Lipinski definition) is 3. The van der Waals surface area contributed by atoms with Gasteiger partial charge in [0.25, 0.3) is 0 Å². The summed E-state index contributed by atoms with van der Waals surface area (Å²) >= 11 is 0. The third kappa shape index (κ3) is 4.12. The largest absolute Gasteiger partial charge is 0.508 e. The maximum atomic E-state index is 11.1. The Balaban J connectivity index is 2.64. The Bertz CT molecular complexity index is 788. The number of phenolic OH excluding ortho intramolecular Hbond substituents is 1. The average molecular weight is 386 g/mol. The molecule has 3 N–H and O–H groups in total. The molecule has 1 aromatic rings. The Labute approximate surface area is 166 Å². The van der Waals surface area contributed by atoms with Gasteiger partial charge in [-0.3, -0.25) is 9.59 Å². The molecule has 1 heterocycles. The van der Waals surface area contributed by atoms with E-state index in [0.717, 1.165) is 29.1 Å². The smallest absolute Gasteiger partial charge is 0.153 e. The molecule has 2 rings (SSSR count). The van der Waals surface area contributed by atoms with Crippen LogP contribution < -0.4 is 10.2 Å². The van der Waals surface area contributed by atoms with Crippen molar-refractivity contribution >= 4 is 18.3 Å². The van der Waals surface area contributed by atoms with Crippen LogP contribution in [0, 0.1) is 0 Å². The number of aliphatic hydroxyl groups is 1. The molecule has 0 bridgehead atoms. The third-order valence-corrected chi connectivity index (χ3v) is 5.80. The number of fused-ring (bicyclic) bond motifs is 1. The van der Waals surface area contributed by atoms with Crippen LogP contribution in [0.2, 0.25) is 0 Å². The van der Waals surface area contributed by atoms with E-state index >= 15 is 0 Å². The molecule has 1 aliphatic rings. The first-order valence-electron chi connectivity index (χ1n) is 9.57. The molecule has 0 spiro atoms.